The number of rotatable bonds is 25. The molecule has 47 nitrogen and oxygen atoms in total. The zero-order valence-corrected chi connectivity index (χ0v) is 55.2. The Bertz CT molecular complexity index is 2820. The van der Waals surface area contributed by atoms with E-state index in [4.69, 9.17) is 80.5 Å². The smallest absolute Gasteiger partial charge is 0.221 e. The molecule has 600 valence electrons. The Kier molecular flexibility index (Phi) is 28.8. The van der Waals surface area contributed by atoms with E-state index >= 15 is 0 Å². The molecule has 0 aliphatic carbocycles. The van der Waals surface area contributed by atoms with E-state index in [1.807, 2.05) is 0 Å². The van der Waals surface area contributed by atoms with E-state index in [0.29, 0.717) is 0 Å². The van der Waals surface area contributed by atoms with Gasteiger partial charge in [0, 0.05) is 20.2 Å². The molecule has 10 rings (SSSR count). The van der Waals surface area contributed by atoms with Gasteiger partial charge in [-0.15, -0.1) is 5.10 Å². The summed E-state index contributed by atoms with van der Waals surface area (Å²) in [4.78, 5) is 14.0. The van der Waals surface area contributed by atoms with Crippen molar-refractivity contribution in [2.24, 2.45) is 7.05 Å². The minimum Gasteiger partial charge on any atom is -0.394 e. The van der Waals surface area contributed by atoms with Gasteiger partial charge in [-0.3, -0.25) is 9.48 Å². The van der Waals surface area contributed by atoms with Gasteiger partial charge in [0.25, 0.3) is 0 Å². The number of carbonyl (C=O) groups is 1. The fourth-order valence-electron chi connectivity index (χ4n) is 13.1. The molecule has 104 heavy (non-hydrogen) atoms. The van der Waals surface area contributed by atoms with Crippen molar-refractivity contribution in [2.45, 2.75) is 271 Å². The number of hydrogen-bond acceptors (Lipinski definition) is 45. The molecule has 0 radical (unpaired) electrons. The first-order valence-corrected chi connectivity index (χ1v) is 33.1. The first-order chi connectivity index (χ1) is 49.3. The molecule has 0 saturated carbocycles. The molecule has 9 fully saturated rings. The van der Waals surface area contributed by atoms with E-state index in [2.05, 4.69) is 10.3 Å². The SMILES string of the molecule is CC(=O)N(Cc1cn(C)nn1)[C@H]1O[C@H](CO)[C@@H](O[C@@H]2OC(CO[C@@H]3OC[C@H](O)[C@H](O)C3OC3OC(CO)[C@H](O)[C@H](O)[C@H]3O)[C@H](O[C@H]3O[C@H](CO[C@@H]4OC[C@H](O)C(O)C4O[C@@H]4OC(CO)[C@H](O)[C@H](O)C4O)[C@@H](O[C@@H]4OC(CO[C@@H]5OC[C@H](O)[C@H](O)C5O)[C@H](O)[C@H](O)C4O)C(O)C3O)[C@H](O)C2O)C(O)C1O. The Labute approximate surface area is 587 Å². The van der Waals surface area contributed by atoms with Gasteiger partial charge in [0.1, 0.15) is 207 Å². The monoisotopic (exact) mass is 1520 g/mol. The number of aliphatic hydroxyl groups is 25. The molecule has 9 aliphatic heterocycles. The second-order valence-electron chi connectivity index (χ2n) is 26.5. The van der Waals surface area contributed by atoms with Gasteiger partial charge in [-0.25, -0.2) is 0 Å². The standard InChI is InChI=1S/C57H94N4O43/c1-14(65)61(4-15-3-60(2)59-58-15)49-37(81)34(78)44(21(7-64)94-49)100-54-42(86)35(79)46(24(98-54)13-93-57-48(27(71)18(68)10-90-57)104-52-40(84)32(76)29(73)20(6-63)96-52)102-55-43(87)36(80)45(101-53-41(85)33(77)30(74)22(97-53)11-91-50-38(82)25(69)16(66)8-88-50)23(99-55)12-92-56-47(26(70)17(67)9-89-56)103-51-39(83)31(75)28(72)19(5-62)95-51/h3,16-57,62-64,66-87H,4-13H2,1-2H3/t16-,17-,18-,19?,20?,21+,22?,23+,24?,25-,26?,27-,28-,29-,30-,31-,32-,33-,34?,35+,36?,37?,38?,39?,40+,41?,42?,43?,44+,45+,46-,47?,48?,49-,50-,51-,52?,53-,54-,55+,56-,57-/m0/s1. The fourth-order valence-corrected chi connectivity index (χ4v) is 13.1. The molecule has 9 saturated heterocycles. The Morgan fingerprint density at radius 1 is 0.385 bits per heavy atom. The Hall–Kier alpha value is -3.07. The van der Waals surface area contributed by atoms with Crippen molar-refractivity contribution in [3.05, 3.63) is 11.9 Å². The third kappa shape index (κ3) is 17.9. The van der Waals surface area contributed by atoms with Crippen molar-refractivity contribution >= 4 is 5.91 Å². The quantitative estimate of drug-likeness (QED) is 0.0432. The Balaban J connectivity index is 0.945. The van der Waals surface area contributed by atoms with E-state index in [1.54, 1.807) is 0 Å². The van der Waals surface area contributed by atoms with Crippen LogP contribution in [0, 0.1) is 0 Å². The van der Waals surface area contributed by atoms with Crippen LogP contribution in [0.25, 0.3) is 0 Å². The summed E-state index contributed by atoms with van der Waals surface area (Å²) < 4.78 is 100. The molecule has 1 aromatic rings. The van der Waals surface area contributed by atoms with Crippen molar-refractivity contribution in [1.82, 2.24) is 19.9 Å². The summed E-state index contributed by atoms with van der Waals surface area (Å²) in [6.07, 6.45) is -83.6. The maximum atomic E-state index is 13.1. The summed E-state index contributed by atoms with van der Waals surface area (Å²) in [6.45, 7) is -7.23. The number of hydrogen-bond donors (Lipinski definition) is 25. The summed E-state index contributed by atoms with van der Waals surface area (Å²) >= 11 is 0. The second kappa shape index (κ2) is 36.0. The molecular weight excluding hydrogens is 1430 g/mol. The molecule has 1 aromatic heterocycles. The van der Waals surface area contributed by atoms with Gasteiger partial charge in [0.05, 0.1) is 66.0 Å². The minimum absolute atomic E-state index is 0.194. The van der Waals surface area contributed by atoms with Crippen molar-refractivity contribution in [3.63, 3.8) is 0 Å². The third-order valence-corrected chi connectivity index (χ3v) is 19.2. The largest absolute Gasteiger partial charge is 0.394 e. The van der Waals surface area contributed by atoms with Crippen molar-refractivity contribution in [1.29, 1.82) is 0 Å². The van der Waals surface area contributed by atoms with Gasteiger partial charge in [-0.2, -0.15) is 0 Å². The van der Waals surface area contributed by atoms with E-state index in [0.717, 1.165) is 11.8 Å². The first kappa shape index (κ1) is 83.4. The van der Waals surface area contributed by atoms with E-state index < -0.39 is 323 Å². The van der Waals surface area contributed by atoms with Crippen LogP contribution in [-0.2, 0) is 98.9 Å². The van der Waals surface area contributed by atoms with Gasteiger partial charge in [-0.05, 0) is 0 Å². The molecule has 47 heteroatoms. The molecule has 9 aliphatic rings. The zero-order valence-electron chi connectivity index (χ0n) is 55.2. The molecule has 16 unspecified atom stereocenters. The normalized spacial score (nSPS) is 49.8. The van der Waals surface area contributed by atoms with Gasteiger partial charge in [0.15, 0.2) is 56.5 Å². The van der Waals surface area contributed by atoms with Crippen LogP contribution in [0.4, 0.5) is 0 Å². The van der Waals surface area contributed by atoms with Gasteiger partial charge in [0.2, 0.25) is 5.91 Å². The molecule has 0 spiro atoms. The molecule has 0 aromatic carbocycles. The molecule has 0 bridgehead atoms. The van der Waals surface area contributed by atoms with Crippen LogP contribution in [0.5, 0.6) is 0 Å². The highest BCUT2D eigenvalue weighted by Gasteiger charge is 2.59. The number of carbonyl (C=O) groups excluding carboxylic acids is 1. The fraction of sp³-hybridized carbons (Fsp3) is 0.947. The minimum atomic E-state index is -2.50. The highest BCUT2D eigenvalue weighted by Crippen LogP contribution is 2.38. The van der Waals surface area contributed by atoms with Crippen LogP contribution in [0.1, 0.15) is 12.6 Å². The number of aryl methyl sites for hydroxylation is 1. The summed E-state index contributed by atoms with van der Waals surface area (Å²) in [6, 6.07) is 0. The summed E-state index contributed by atoms with van der Waals surface area (Å²) in [5.74, 6) is -0.725. The second-order valence-corrected chi connectivity index (χ2v) is 26.5. The highest BCUT2D eigenvalue weighted by molar-refractivity contribution is 5.73. The highest BCUT2D eigenvalue weighted by atomic mass is 16.8. The topological polar surface area (TPSA) is 714 Å². The van der Waals surface area contributed by atoms with Gasteiger partial charge in [-0.1, -0.05) is 5.21 Å². The lowest BCUT2D eigenvalue weighted by atomic mass is 9.95. The van der Waals surface area contributed by atoms with E-state index in [9.17, 15) is 132 Å². The summed E-state index contributed by atoms with van der Waals surface area (Å²) in [5, 5.41) is 283. The Morgan fingerprint density at radius 3 is 1.12 bits per heavy atom. The number of nitrogens with zero attached hydrogens (tertiary/aromatic N) is 4. The van der Waals surface area contributed by atoms with Gasteiger partial charge >= 0.3 is 0 Å². The molecule has 25 N–H and O–H groups in total. The maximum Gasteiger partial charge on any atom is 0.221 e. The Morgan fingerprint density at radius 2 is 0.712 bits per heavy atom. The number of ether oxygens (including phenoxy) is 17. The molecule has 10 heterocycles. The number of aliphatic hydroxyl groups excluding tert-OH is 25. The van der Waals surface area contributed by atoms with Crippen molar-refractivity contribution < 1.29 is 213 Å². The van der Waals surface area contributed by atoms with Crippen molar-refractivity contribution in [2.75, 3.05) is 59.5 Å². The van der Waals surface area contributed by atoms with E-state index in [1.165, 1.54) is 17.9 Å². The first-order valence-electron chi connectivity index (χ1n) is 33.1. The lowest BCUT2D eigenvalue weighted by Gasteiger charge is -2.50. The van der Waals surface area contributed by atoms with Crippen LogP contribution in [0.2, 0.25) is 0 Å². The molecule has 1 amide bonds. The average Bonchev–Trinajstić information content (AvgIpc) is 0.783. The van der Waals surface area contributed by atoms with Crippen LogP contribution in [0.3, 0.4) is 0 Å². The lowest BCUT2D eigenvalue weighted by molar-refractivity contribution is -0.396. The lowest BCUT2D eigenvalue weighted by Crippen LogP contribution is -2.68. The van der Waals surface area contributed by atoms with Gasteiger partial charge < -0.3 is 213 Å². The number of amides is 1. The van der Waals surface area contributed by atoms with E-state index in [-0.39, 0.29) is 12.2 Å². The number of aromatic nitrogens is 3. The third-order valence-electron chi connectivity index (χ3n) is 19.2. The summed E-state index contributed by atoms with van der Waals surface area (Å²) in [7, 11) is 1.53. The maximum absolute atomic E-state index is 13.1. The zero-order chi connectivity index (χ0) is 75.8. The average molecular weight is 1520 g/mol. The van der Waals surface area contributed by atoms with Crippen LogP contribution >= 0.6 is 0 Å². The summed E-state index contributed by atoms with van der Waals surface area (Å²) in [5.41, 5.74) is 0.194. The van der Waals surface area contributed by atoms with Crippen molar-refractivity contribution in [3.8, 4) is 0 Å². The van der Waals surface area contributed by atoms with Crippen LogP contribution in [-0.4, -0.2) is 471 Å². The van der Waals surface area contributed by atoms with Crippen LogP contribution in [0.15, 0.2) is 6.20 Å². The van der Waals surface area contributed by atoms with Crippen LogP contribution < -0.4 is 0 Å². The predicted octanol–water partition coefficient (Wildman–Crippen LogP) is -18.5. The molecular formula is C57H94N4O43. The molecule has 42 atom stereocenters. The predicted molar refractivity (Wildman–Crippen MR) is 314 cm³/mol.